The van der Waals surface area contributed by atoms with Gasteiger partial charge in [0.15, 0.2) is 17.2 Å². The van der Waals surface area contributed by atoms with Crippen molar-refractivity contribution in [2.75, 3.05) is 0 Å². The van der Waals surface area contributed by atoms with Gasteiger partial charge in [-0.05, 0) is 62.7 Å². The topological polar surface area (TPSA) is 52.6 Å². The Bertz CT molecular complexity index is 998. The molecule has 9 heteroatoms. The van der Waals surface area contributed by atoms with Gasteiger partial charge in [-0.25, -0.2) is 8.78 Å². The fourth-order valence-corrected chi connectivity index (χ4v) is 9.20. The van der Waals surface area contributed by atoms with Gasteiger partial charge in [-0.15, -0.1) is 23.2 Å². The van der Waals surface area contributed by atoms with Gasteiger partial charge in [-0.1, -0.05) is 31.5 Å². The number of rotatable bonds is 2. The van der Waals surface area contributed by atoms with E-state index in [1.807, 2.05) is 13.8 Å². The normalized spacial score (nSPS) is 52.9. The SMILES string of the molecule is CC1(C)O[C@@H]2C[C@H]3[C@@H]4C[C@H](F)C5=CC(=O)C=C[C@]5(C)[C@@]4(Cl)[C@@H](Cl)C[C@]3(C)[C@]2(C(=O)C(F)Cl)O1. The summed E-state index contributed by atoms with van der Waals surface area (Å²) in [5.41, 5.74) is -5.59. The van der Waals surface area contributed by atoms with E-state index in [0.29, 0.717) is 12.0 Å². The summed E-state index contributed by atoms with van der Waals surface area (Å²) in [5.74, 6) is -3.11. The Hall–Kier alpha value is -0.530. The van der Waals surface area contributed by atoms with Crippen molar-refractivity contribution in [1.82, 2.24) is 0 Å². The van der Waals surface area contributed by atoms with Gasteiger partial charge in [0, 0.05) is 10.8 Å². The third kappa shape index (κ3) is 2.76. The van der Waals surface area contributed by atoms with E-state index < -0.39 is 62.1 Å². The van der Waals surface area contributed by atoms with Crippen LogP contribution in [0.4, 0.5) is 8.78 Å². The van der Waals surface area contributed by atoms with Gasteiger partial charge in [-0.2, -0.15) is 0 Å². The number of alkyl halides is 5. The minimum Gasteiger partial charge on any atom is -0.344 e. The number of ketones is 2. The van der Waals surface area contributed by atoms with Crippen molar-refractivity contribution in [2.24, 2.45) is 22.7 Å². The maximum absolute atomic E-state index is 15.6. The zero-order chi connectivity index (χ0) is 24.4. The molecular formula is C24H27Cl3F2O4. The molecule has 4 aliphatic carbocycles. The smallest absolute Gasteiger partial charge is 0.234 e. The molecule has 182 valence electrons. The number of ether oxygens (including phenoxy) is 2. The number of allylic oxidation sites excluding steroid dienone is 4. The molecule has 0 radical (unpaired) electrons. The van der Waals surface area contributed by atoms with Gasteiger partial charge in [0.1, 0.15) is 6.17 Å². The van der Waals surface area contributed by atoms with Crippen LogP contribution in [0, 0.1) is 22.7 Å². The molecule has 0 spiro atoms. The summed E-state index contributed by atoms with van der Waals surface area (Å²) < 4.78 is 42.3. The molecule has 4 nitrogen and oxygen atoms in total. The largest absolute Gasteiger partial charge is 0.344 e. The predicted molar refractivity (Wildman–Crippen MR) is 121 cm³/mol. The van der Waals surface area contributed by atoms with E-state index in [-0.39, 0.29) is 24.5 Å². The van der Waals surface area contributed by atoms with E-state index in [0.717, 1.165) is 0 Å². The Morgan fingerprint density at radius 2 is 1.88 bits per heavy atom. The maximum atomic E-state index is 15.6. The minimum atomic E-state index is -2.28. The molecule has 0 N–H and O–H groups in total. The standard InChI is InChI=1S/C24H27Cl3F2O4/c1-20(2)32-17-9-12-13-8-15(28)14-7-11(30)5-6-21(14,3)23(13,27)16(25)10-22(12,4)24(17,33-20)18(31)19(26)29/h5-7,12-13,15-17,19H,8-10H2,1-4H3/t12-,13-,15-,16-,17+,19?,21-,22-,23-,24-/m0/s1. The molecule has 5 aliphatic rings. The first-order valence-electron chi connectivity index (χ1n) is 11.3. The Kier molecular flexibility index (Phi) is 5.15. The van der Waals surface area contributed by atoms with Crippen molar-refractivity contribution in [3.8, 4) is 0 Å². The monoisotopic (exact) mass is 522 g/mol. The second kappa shape index (κ2) is 7.03. The van der Waals surface area contributed by atoms with Crippen LogP contribution in [0.15, 0.2) is 23.8 Å². The van der Waals surface area contributed by atoms with Crippen molar-refractivity contribution < 1.29 is 27.8 Å². The molecule has 1 saturated heterocycles. The maximum Gasteiger partial charge on any atom is 0.234 e. The molecule has 0 aromatic rings. The van der Waals surface area contributed by atoms with Gasteiger partial charge in [0.2, 0.25) is 11.4 Å². The van der Waals surface area contributed by atoms with Crippen molar-refractivity contribution in [3.63, 3.8) is 0 Å². The van der Waals surface area contributed by atoms with Gasteiger partial charge in [-0.3, -0.25) is 9.59 Å². The van der Waals surface area contributed by atoms with E-state index in [4.69, 9.17) is 44.3 Å². The van der Waals surface area contributed by atoms with Crippen LogP contribution in [0.3, 0.4) is 0 Å². The molecule has 1 unspecified atom stereocenters. The summed E-state index contributed by atoms with van der Waals surface area (Å²) in [5, 5.41) is -0.728. The highest BCUT2D eigenvalue weighted by atomic mass is 35.5. The molecule has 0 bridgehead atoms. The minimum absolute atomic E-state index is 0.0375. The van der Waals surface area contributed by atoms with Gasteiger partial charge < -0.3 is 9.47 Å². The summed E-state index contributed by atoms with van der Waals surface area (Å²) in [7, 11) is 0. The number of carbonyl (C=O) groups excluding carboxylic acids is 2. The first kappa shape index (κ1) is 24.2. The Balaban J connectivity index is 1.67. The predicted octanol–water partition coefficient (Wildman–Crippen LogP) is 5.42. The molecule has 1 aliphatic heterocycles. The lowest BCUT2D eigenvalue weighted by Crippen LogP contribution is -2.69. The molecule has 33 heavy (non-hydrogen) atoms. The first-order chi connectivity index (χ1) is 15.1. The number of hydrogen-bond donors (Lipinski definition) is 0. The molecule has 0 amide bonds. The second-order valence-electron chi connectivity index (χ2n) is 11.1. The number of fused-ring (bicyclic) bond motifs is 7. The van der Waals surface area contributed by atoms with Crippen LogP contribution >= 0.6 is 34.8 Å². The second-order valence-corrected chi connectivity index (χ2v) is 12.6. The van der Waals surface area contributed by atoms with Crippen LogP contribution in [0.25, 0.3) is 0 Å². The molecule has 0 aromatic heterocycles. The molecule has 0 aromatic carbocycles. The van der Waals surface area contributed by atoms with Crippen molar-refractivity contribution in [1.29, 1.82) is 0 Å². The van der Waals surface area contributed by atoms with Gasteiger partial charge in [0.25, 0.3) is 0 Å². The van der Waals surface area contributed by atoms with E-state index >= 15 is 4.39 Å². The molecule has 1 heterocycles. The number of hydrogen-bond acceptors (Lipinski definition) is 4. The lowest BCUT2D eigenvalue weighted by atomic mass is 9.46. The molecule has 3 saturated carbocycles. The number of halogens is 5. The summed E-state index contributed by atoms with van der Waals surface area (Å²) in [6, 6.07) is 0. The molecular weight excluding hydrogens is 497 g/mol. The zero-order valence-electron chi connectivity index (χ0n) is 18.8. The zero-order valence-corrected chi connectivity index (χ0v) is 21.1. The quantitative estimate of drug-likeness (QED) is 0.453. The highest BCUT2D eigenvalue weighted by molar-refractivity contribution is 6.34. The fourth-order valence-electron chi connectivity index (χ4n) is 7.83. The van der Waals surface area contributed by atoms with Crippen molar-refractivity contribution in [3.05, 3.63) is 23.8 Å². The lowest BCUT2D eigenvalue weighted by molar-refractivity contribution is -0.213. The third-order valence-electron chi connectivity index (χ3n) is 9.14. The summed E-state index contributed by atoms with van der Waals surface area (Å²) in [6.45, 7) is 7.00. The molecule has 10 atom stereocenters. The lowest BCUT2D eigenvalue weighted by Gasteiger charge is -2.64. The number of carbonyl (C=O) groups is 2. The number of Topliss-reactive ketones (excluding diaryl/α,β-unsaturated/α-hetero) is 1. The Labute approximate surface area is 207 Å². The van der Waals surface area contributed by atoms with Crippen LogP contribution in [0.5, 0.6) is 0 Å². The average Bonchev–Trinajstić information content (AvgIpc) is 3.11. The van der Waals surface area contributed by atoms with Crippen molar-refractivity contribution in [2.45, 2.75) is 86.5 Å². The van der Waals surface area contributed by atoms with Crippen LogP contribution in [0.2, 0.25) is 0 Å². The van der Waals surface area contributed by atoms with Gasteiger partial charge >= 0.3 is 0 Å². The Morgan fingerprint density at radius 3 is 2.52 bits per heavy atom. The van der Waals surface area contributed by atoms with E-state index in [9.17, 15) is 14.0 Å². The molecule has 5 rings (SSSR count). The van der Waals surface area contributed by atoms with Crippen LogP contribution in [0.1, 0.15) is 47.0 Å². The fraction of sp³-hybridized carbons (Fsp3) is 0.750. The Morgan fingerprint density at radius 1 is 1.21 bits per heavy atom. The van der Waals surface area contributed by atoms with Crippen LogP contribution < -0.4 is 0 Å². The van der Waals surface area contributed by atoms with E-state index in [2.05, 4.69) is 0 Å². The van der Waals surface area contributed by atoms with Crippen LogP contribution in [-0.2, 0) is 19.1 Å². The van der Waals surface area contributed by atoms with Gasteiger partial charge in [0.05, 0.1) is 16.4 Å². The molecule has 4 fully saturated rings. The summed E-state index contributed by atoms with van der Waals surface area (Å²) >= 11 is 20.2. The van der Waals surface area contributed by atoms with E-state index in [1.165, 1.54) is 12.2 Å². The van der Waals surface area contributed by atoms with E-state index in [1.54, 1.807) is 19.9 Å². The highest BCUT2D eigenvalue weighted by Gasteiger charge is 2.80. The first-order valence-corrected chi connectivity index (χ1v) is 12.5. The summed E-state index contributed by atoms with van der Waals surface area (Å²) in [4.78, 5) is 24.2. The third-order valence-corrected chi connectivity index (χ3v) is 10.9. The average molecular weight is 524 g/mol. The summed E-state index contributed by atoms with van der Waals surface area (Å²) in [6.07, 6.45) is 2.82. The highest BCUT2D eigenvalue weighted by Crippen LogP contribution is 2.74. The van der Waals surface area contributed by atoms with Crippen LogP contribution in [-0.4, -0.2) is 51.1 Å². The van der Waals surface area contributed by atoms with Crippen molar-refractivity contribution >= 4 is 46.4 Å².